The van der Waals surface area contributed by atoms with Gasteiger partial charge in [-0.3, -0.25) is 4.31 Å². The molecule has 1 heterocycles. The second-order valence-electron chi connectivity index (χ2n) is 4.63. The smallest absolute Gasteiger partial charge is 0.267 e. The van der Waals surface area contributed by atoms with Crippen LogP contribution in [0.3, 0.4) is 0 Å². The Bertz CT molecular complexity index is 728. The fourth-order valence-corrected chi connectivity index (χ4v) is 3.18. The summed E-state index contributed by atoms with van der Waals surface area (Å²) in [4.78, 5) is 4.15. The second-order valence-corrected chi connectivity index (χ2v) is 6.57. The molecule has 5 nitrogen and oxygen atoms in total. The summed E-state index contributed by atoms with van der Waals surface area (Å²) in [5.41, 5.74) is 7.95. The summed E-state index contributed by atoms with van der Waals surface area (Å²) < 4.78 is 26.4. The zero-order valence-corrected chi connectivity index (χ0v) is 12.5. The first-order valence-corrected chi connectivity index (χ1v) is 7.54. The van der Waals surface area contributed by atoms with Gasteiger partial charge >= 0.3 is 0 Å². The topological polar surface area (TPSA) is 76.3 Å². The first kappa shape index (κ1) is 14.3. The van der Waals surface area contributed by atoms with Gasteiger partial charge in [-0.05, 0) is 49.2 Å². The van der Waals surface area contributed by atoms with E-state index in [1.165, 1.54) is 7.05 Å². The van der Waals surface area contributed by atoms with E-state index in [9.17, 15) is 8.42 Å². The minimum atomic E-state index is -3.72. The van der Waals surface area contributed by atoms with E-state index in [1.807, 2.05) is 13.8 Å². The number of pyridine rings is 1. The van der Waals surface area contributed by atoms with Crippen molar-refractivity contribution in [2.24, 2.45) is 0 Å². The normalized spacial score (nSPS) is 11.3. The molecule has 20 heavy (non-hydrogen) atoms. The molecule has 0 saturated heterocycles. The third-order valence-corrected chi connectivity index (χ3v) is 5.05. The van der Waals surface area contributed by atoms with E-state index < -0.39 is 10.0 Å². The lowest BCUT2D eigenvalue weighted by atomic mass is 10.1. The van der Waals surface area contributed by atoms with Gasteiger partial charge in [-0.25, -0.2) is 13.4 Å². The van der Waals surface area contributed by atoms with Gasteiger partial charge in [-0.1, -0.05) is 6.07 Å². The lowest BCUT2D eigenvalue weighted by molar-refractivity contribution is 0.594. The quantitative estimate of drug-likeness (QED) is 0.879. The maximum Gasteiger partial charge on any atom is 0.267 e. The molecular weight excluding hydrogens is 274 g/mol. The third-order valence-electron chi connectivity index (χ3n) is 3.24. The van der Waals surface area contributed by atoms with Crippen molar-refractivity contribution in [1.29, 1.82) is 0 Å². The molecule has 2 N–H and O–H groups in total. The van der Waals surface area contributed by atoms with Gasteiger partial charge in [0.15, 0.2) is 0 Å². The molecule has 0 unspecified atom stereocenters. The number of hydrogen-bond donors (Lipinski definition) is 1. The Labute approximate surface area is 119 Å². The van der Waals surface area contributed by atoms with Gasteiger partial charge in [0.1, 0.15) is 10.7 Å². The van der Waals surface area contributed by atoms with Crippen LogP contribution in [0, 0.1) is 13.8 Å². The Kier molecular flexibility index (Phi) is 3.67. The average Bonchev–Trinajstić information content (AvgIpc) is 2.42. The summed E-state index contributed by atoms with van der Waals surface area (Å²) in [6.45, 7) is 3.75. The van der Waals surface area contributed by atoms with Gasteiger partial charge in [0.05, 0.1) is 5.69 Å². The van der Waals surface area contributed by atoms with Crippen molar-refractivity contribution in [2.75, 3.05) is 17.1 Å². The molecule has 0 aliphatic carbocycles. The fourth-order valence-electron chi connectivity index (χ4n) is 1.85. The highest BCUT2D eigenvalue weighted by Gasteiger charge is 2.25. The van der Waals surface area contributed by atoms with E-state index >= 15 is 0 Å². The van der Waals surface area contributed by atoms with Crippen LogP contribution in [0.5, 0.6) is 0 Å². The summed E-state index contributed by atoms with van der Waals surface area (Å²) in [5.74, 6) is 0.352. The Hall–Kier alpha value is -2.08. The largest absolute Gasteiger partial charge is 0.398 e. The Morgan fingerprint density at radius 1 is 1.15 bits per heavy atom. The summed E-state index contributed by atoms with van der Waals surface area (Å²) in [6, 6.07) is 8.37. The van der Waals surface area contributed by atoms with E-state index in [4.69, 9.17) is 5.73 Å². The molecule has 0 radical (unpaired) electrons. The van der Waals surface area contributed by atoms with Crippen LogP contribution in [0.4, 0.5) is 11.5 Å². The molecule has 0 aliphatic rings. The Morgan fingerprint density at radius 2 is 1.80 bits per heavy atom. The lowest BCUT2D eigenvalue weighted by Gasteiger charge is -2.20. The maximum absolute atomic E-state index is 12.6. The van der Waals surface area contributed by atoms with Crippen LogP contribution in [-0.4, -0.2) is 20.4 Å². The van der Waals surface area contributed by atoms with Crippen LogP contribution >= 0.6 is 0 Å². The monoisotopic (exact) mass is 291 g/mol. The summed E-state index contributed by atoms with van der Waals surface area (Å²) in [6.07, 6.45) is 1.55. The van der Waals surface area contributed by atoms with E-state index in [1.54, 1.807) is 36.5 Å². The first-order chi connectivity index (χ1) is 9.34. The molecule has 6 heteroatoms. The SMILES string of the molecule is Cc1cc(N)c(S(=O)(=O)N(C)c2ccccn2)cc1C. The first-order valence-electron chi connectivity index (χ1n) is 6.10. The number of aryl methyl sites for hydroxylation is 2. The standard InChI is InChI=1S/C14H17N3O2S/c1-10-8-12(15)13(9-11(10)2)20(18,19)17(3)14-6-4-5-7-16-14/h4-9H,15H2,1-3H3. The van der Waals surface area contributed by atoms with E-state index in [2.05, 4.69) is 4.98 Å². The zero-order valence-electron chi connectivity index (χ0n) is 11.7. The number of anilines is 2. The number of aromatic nitrogens is 1. The summed E-state index contributed by atoms with van der Waals surface area (Å²) in [7, 11) is -2.25. The molecule has 0 saturated carbocycles. The lowest BCUT2D eigenvalue weighted by Crippen LogP contribution is -2.28. The molecule has 0 aliphatic heterocycles. The Morgan fingerprint density at radius 3 is 2.40 bits per heavy atom. The van der Waals surface area contributed by atoms with Crippen molar-refractivity contribution in [3.8, 4) is 0 Å². The van der Waals surface area contributed by atoms with Crippen LogP contribution in [-0.2, 0) is 10.0 Å². The average molecular weight is 291 g/mol. The minimum absolute atomic E-state index is 0.105. The zero-order chi connectivity index (χ0) is 14.9. The van der Waals surface area contributed by atoms with Crippen LogP contribution in [0.15, 0.2) is 41.4 Å². The highest BCUT2D eigenvalue weighted by atomic mass is 32.2. The minimum Gasteiger partial charge on any atom is -0.398 e. The van der Waals surface area contributed by atoms with E-state index in [0.29, 0.717) is 5.82 Å². The van der Waals surface area contributed by atoms with Gasteiger partial charge in [0.2, 0.25) is 0 Å². The van der Waals surface area contributed by atoms with Crippen molar-refractivity contribution in [3.63, 3.8) is 0 Å². The van der Waals surface area contributed by atoms with Crippen LogP contribution in [0.2, 0.25) is 0 Å². The molecule has 0 bridgehead atoms. The number of nitrogens with zero attached hydrogens (tertiary/aromatic N) is 2. The van der Waals surface area contributed by atoms with E-state index in [0.717, 1.165) is 15.4 Å². The summed E-state index contributed by atoms with van der Waals surface area (Å²) in [5, 5.41) is 0. The second kappa shape index (κ2) is 5.13. The Balaban J connectivity index is 2.54. The molecule has 1 aromatic heterocycles. The maximum atomic E-state index is 12.6. The molecule has 1 aromatic carbocycles. The van der Waals surface area contributed by atoms with Crippen LogP contribution in [0.25, 0.3) is 0 Å². The molecule has 0 amide bonds. The number of sulfonamides is 1. The third kappa shape index (κ3) is 2.46. The molecule has 0 spiro atoms. The number of rotatable bonds is 3. The molecule has 2 rings (SSSR count). The molecule has 0 atom stereocenters. The predicted octanol–water partition coefficient (Wildman–Crippen LogP) is 2.11. The van der Waals surface area contributed by atoms with Crippen molar-refractivity contribution >= 4 is 21.5 Å². The number of nitrogens with two attached hydrogens (primary N) is 1. The van der Waals surface area contributed by atoms with Crippen molar-refractivity contribution in [3.05, 3.63) is 47.7 Å². The van der Waals surface area contributed by atoms with Gasteiger partial charge in [-0.2, -0.15) is 0 Å². The van der Waals surface area contributed by atoms with Crippen molar-refractivity contribution in [1.82, 2.24) is 4.98 Å². The van der Waals surface area contributed by atoms with E-state index in [-0.39, 0.29) is 10.6 Å². The number of benzene rings is 1. The van der Waals surface area contributed by atoms with Gasteiger partial charge in [0, 0.05) is 13.2 Å². The van der Waals surface area contributed by atoms with Crippen LogP contribution < -0.4 is 10.0 Å². The molecular formula is C14H17N3O2S. The molecule has 106 valence electrons. The van der Waals surface area contributed by atoms with Crippen molar-refractivity contribution in [2.45, 2.75) is 18.7 Å². The van der Waals surface area contributed by atoms with Crippen molar-refractivity contribution < 1.29 is 8.42 Å². The number of hydrogen-bond acceptors (Lipinski definition) is 4. The molecule has 0 fully saturated rings. The highest BCUT2D eigenvalue weighted by molar-refractivity contribution is 7.93. The molecule has 2 aromatic rings. The van der Waals surface area contributed by atoms with Crippen LogP contribution in [0.1, 0.15) is 11.1 Å². The summed E-state index contributed by atoms with van der Waals surface area (Å²) >= 11 is 0. The highest BCUT2D eigenvalue weighted by Crippen LogP contribution is 2.27. The van der Waals surface area contributed by atoms with Gasteiger partial charge < -0.3 is 5.73 Å². The fraction of sp³-hybridized carbons (Fsp3) is 0.214. The number of nitrogen functional groups attached to an aromatic ring is 1. The van der Waals surface area contributed by atoms with Gasteiger partial charge in [-0.15, -0.1) is 0 Å². The van der Waals surface area contributed by atoms with Gasteiger partial charge in [0.25, 0.3) is 10.0 Å². The predicted molar refractivity (Wildman–Crippen MR) is 80.2 cm³/mol.